The molecule has 0 unspecified atom stereocenters. The molecule has 0 fully saturated rings. The van der Waals surface area contributed by atoms with Crippen molar-refractivity contribution in [2.45, 2.75) is 33.4 Å². The van der Waals surface area contributed by atoms with E-state index in [1.807, 2.05) is 6.92 Å². The monoisotopic (exact) mass is 647 g/mol. The highest BCUT2D eigenvalue weighted by Crippen LogP contribution is 2.34. The van der Waals surface area contributed by atoms with Gasteiger partial charge < -0.3 is 29.6 Å². The Morgan fingerprint density at radius 3 is 2.48 bits per heavy atom. The number of hydrazone groups is 1. The van der Waals surface area contributed by atoms with Crippen LogP contribution >= 0.6 is 12.2 Å². The maximum Gasteiger partial charge on any atom is 0.338 e. The van der Waals surface area contributed by atoms with Crippen molar-refractivity contribution in [3.63, 3.8) is 0 Å². The van der Waals surface area contributed by atoms with Gasteiger partial charge in [0.15, 0.2) is 23.2 Å². The Labute approximate surface area is 270 Å². The zero-order chi connectivity index (χ0) is 33.1. The summed E-state index contributed by atoms with van der Waals surface area (Å²) in [4.78, 5) is 35.8. The van der Waals surface area contributed by atoms with E-state index in [2.05, 4.69) is 21.2 Å². The third kappa shape index (κ3) is 8.79. The van der Waals surface area contributed by atoms with Crippen LogP contribution in [-0.4, -0.2) is 47.9 Å². The topological polar surface area (TPSA) is 163 Å². The molecule has 1 aliphatic rings. The molecular formula is C32H33N5O8S. The number of ether oxygens (including phenoxy) is 4. The van der Waals surface area contributed by atoms with Crippen LogP contribution < -0.4 is 30.3 Å². The third-order valence-electron chi connectivity index (χ3n) is 6.57. The molecule has 0 bridgehead atoms. The molecule has 0 aliphatic carbocycles. The molecule has 240 valence electrons. The smallest absolute Gasteiger partial charge is 0.338 e. The number of allylic oxidation sites excluding steroid dienone is 1. The molecule has 3 aromatic rings. The lowest BCUT2D eigenvalue weighted by molar-refractivity contribution is -0.384. The van der Waals surface area contributed by atoms with Crippen LogP contribution in [0.5, 0.6) is 17.2 Å². The number of non-ortho nitro benzene ring substituents is 1. The highest BCUT2D eigenvalue weighted by atomic mass is 32.1. The van der Waals surface area contributed by atoms with E-state index in [-0.39, 0.29) is 25.5 Å². The number of nitro groups is 1. The fraction of sp³-hybridized carbons (Fsp3) is 0.250. The second-order valence-electron chi connectivity index (χ2n) is 9.76. The van der Waals surface area contributed by atoms with E-state index in [0.29, 0.717) is 51.4 Å². The minimum Gasteiger partial charge on any atom is -0.490 e. The van der Waals surface area contributed by atoms with Crippen molar-refractivity contribution in [1.82, 2.24) is 16.1 Å². The fourth-order valence-corrected chi connectivity index (χ4v) is 4.75. The van der Waals surface area contributed by atoms with E-state index in [9.17, 15) is 19.7 Å². The first-order valence-corrected chi connectivity index (χ1v) is 14.7. The summed E-state index contributed by atoms with van der Waals surface area (Å²) < 4.78 is 22.7. The molecule has 3 N–H and O–H groups in total. The van der Waals surface area contributed by atoms with Gasteiger partial charge in [0.05, 0.1) is 36.0 Å². The summed E-state index contributed by atoms with van der Waals surface area (Å²) in [6, 6.07) is 17.6. The van der Waals surface area contributed by atoms with Crippen LogP contribution in [0.1, 0.15) is 43.5 Å². The number of para-hydroxylation sites is 1. The van der Waals surface area contributed by atoms with Crippen LogP contribution in [0.3, 0.4) is 0 Å². The summed E-state index contributed by atoms with van der Waals surface area (Å²) in [5, 5.41) is 21.3. The summed E-state index contributed by atoms with van der Waals surface area (Å²) in [5.74, 6) is 0.325. The van der Waals surface area contributed by atoms with Gasteiger partial charge in [0.25, 0.3) is 11.6 Å². The number of thiocarbonyl (C=S) groups is 1. The van der Waals surface area contributed by atoms with Crippen molar-refractivity contribution >= 4 is 41.1 Å². The van der Waals surface area contributed by atoms with Crippen LogP contribution in [0.15, 0.2) is 83.1 Å². The first-order valence-electron chi connectivity index (χ1n) is 14.3. The van der Waals surface area contributed by atoms with Gasteiger partial charge in [-0.15, -0.1) is 0 Å². The van der Waals surface area contributed by atoms with Gasteiger partial charge in [0, 0.05) is 23.4 Å². The zero-order valence-electron chi connectivity index (χ0n) is 25.4. The predicted octanol–water partition coefficient (Wildman–Crippen LogP) is 4.46. The summed E-state index contributed by atoms with van der Waals surface area (Å²) in [7, 11) is 0. The number of carbonyl (C=O) groups is 2. The van der Waals surface area contributed by atoms with Gasteiger partial charge in [0.1, 0.15) is 12.4 Å². The van der Waals surface area contributed by atoms with E-state index in [0.717, 1.165) is 5.56 Å². The molecule has 1 amide bonds. The highest BCUT2D eigenvalue weighted by Gasteiger charge is 2.32. The molecule has 3 aromatic carbocycles. The lowest BCUT2D eigenvalue weighted by Crippen LogP contribution is -2.45. The van der Waals surface area contributed by atoms with E-state index < -0.39 is 22.8 Å². The van der Waals surface area contributed by atoms with Gasteiger partial charge in [-0.05, 0) is 80.5 Å². The molecule has 13 nitrogen and oxygen atoms in total. The second kappa shape index (κ2) is 16.0. The predicted molar refractivity (Wildman–Crippen MR) is 174 cm³/mol. The Hall–Kier alpha value is -5.50. The lowest BCUT2D eigenvalue weighted by Gasteiger charge is -2.30. The Kier molecular flexibility index (Phi) is 11.6. The van der Waals surface area contributed by atoms with Crippen molar-refractivity contribution < 1.29 is 33.5 Å². The Bertz CT molecular complexity index is 1660. The molecular weight excluding hydrogens is 614 g/mol. The van der Waals surface area contributed by atoms with E-state index >= 15 is 0 Å². The van der Waals surface area contributed by atoms with Crippen LogP contribution in [0.2, 0.25) is 0 Å². The average Bonchev–Trinajstić information content (AvgIpc) is 3.03. The van der Waals surface area contributed by atoms with Crippen LogP contribution in [0.4, 0.5) is 5.69 Å². The minimum atomic E-state index is -0.647. The van der Waals surface area contributed by atoms with Gasteiger partial charge in [-0.25, -0.2) is 10.2 Å². The third-order valence-corrected chi connectivity index (χ3v) is 6.79. The van der Waals surface area contributed by atoms with Crippen molar-refractivity contribution in [3.8, 4) is 17.2 Å². The number of nitrogens with one attached hydrogen (secondary N) is 3. The largest absolute Gasteiger partial charge is 0.490 e. The zero-order valence-corrected chi connectivity index (χ0v) is 26.2. The Morgan fingerprint density at radius 1 is 1.00 bits per heavy atom. The van der Waals surface area contributed by atoms with Gasteiger partial charge in [-0.1, -0.05) is 18.2 Å². The maximum absolute atomic E-state index is 12.8. The Balaban J connectivity index is 1.37. The molecule has 0 spiro atoms. The molecule has 4 rings (SSSR count). The molecule has 0 saturated carbocycles. The van der Waals surface area contributed by atoms with Gasteiger partial charge in [-0.3, -0.25) is 14.9 Å². The molecule has 0 aromatic heterocycles. The Morgan fingerprint density at radius 2 is 1.76 bits per heavy atom. The number of hydrogen-bond acceptors (Lipinski definition) is 10. The number of amides is 1. The van der Waals surface area contributed by atoms with Crippen molar-refractivity contribution in [3.05, 3.63) is 105 Å². The quantitative estimate of drug-likeness (QED) is 0.0745. The van der Waals surface area contributed by atoms with Gasteiger partial charge in [0.2, 0.25) is 0 Å². The number of hydrogen-bond donors (Lipinski definition) is 3. The molecule has 1 aliphatic heterocycles. The van der Waals surface area contributed by atoms with Gasteiger partial charge >= 0.3 is 5.97 Å². The number of benzene rings is 3. The molecule has 1 heterocycles. The summed E-state index contributed by atoms with van der Waals surface area (Å²) in [5.41, 5.74) is 5.36. The van der Waals surface area contributed by atoms with Crippen LogP contribution in [0.25, 0.3) is 0 Å². The van der Waals surface area contributed by atoms with Crippen LogP contribution in [-0.2, 0) is 20.9 Å². The summed E-state index contributed by atoms with van der Waals surface area (Å²) >= 11 is 5.31. The van der Waals surface area contributed by atoms with Crippen LogP contribution in [0, 0.1) is 10.1 Å². The normalized spacial score (nSPS) is 14.2. The molecule has 46 heavy (non-hydrogen) atoms. The lowest BCUT2D eigenvalue weighted by atomic mass is 9.95. The van der Waals surface area contributed by atoms with E-state index in [1.54, 1.807) is 68.4 Å². The first-order chi connectivity index (χ1) is 22.2. The number of rotatable bonds is 14. The number of nitro benzene ring substituents is 1. The molecule has 0 saturated heterocycles. The van der Waals surface area contributed by atoms with E-state index in [1.165, 1.54) is 18.3 Å². The second-order valence-corrected chi connectivity index (χ2v) is 10.2. The maximum atomic E-state index is 12.8. The average molecular weight is 648 g/mol. The van der Waals surface area contributed by atoms with E-state index in [4.69, 9.17) is 31.2 Å². The summed E-state index contributed by atoms with van der Waals surface area (Å²) in [6.45, 7) is 5.74. The molecule has 1 atom stereocenters. The minimum absolute atomic E-state index is 0.00244. The molecule has 0 radical (unpaired) electrons. The number of carbonyl (C=O) groups excluding carboxylic acids is 2. The fourth-order valence-electron chi connectivity index (χ4n) is 4.48. The summed E-state index contributed by atoms with van der Waals surface area (Å²) in [6.07, 6.45) is 1.45. The van der Waals surface area contributed by atoms with Crippen molar-refractivity contribution in [2.24, 2.45) is 5.10 Å². The first kappa shape index (κ1) is 33.4. The number of esters is 1. The van der Waals surface area contributed by atoms with Gasteiger partial charge in [-0.2, -0.15) is 5.10 Å². The van der Waals surface area contributed by atoms with Crippen molar-refractivity contribution in [2.75, 3.05) is 19.8 Å². The SMILES string of the molecule is CCOC(=O)C1=C(C)NC(=S)N[C@H]1c1ccccc1OCC(=O)NN=Cc1ccc(OCc2ccc([N+](=O)[O-])cc2)c(OCC)c1. The highest BCUT2D eigenvalue weighted by molar-refractivity contribution is 7.80. The standard InChI is InChI=1S/C32H33N5O8S/c1-4-42-27-16-22(12-15-26(27)44-18-21-10-13-23(14-11-21)37(40)41)17-33-36-28(38)19-45-25-9-7-6-8-24(25)30-29(31(39)43-5-2)20(3)34-32(46)35-30/h6-17,30H,4-5,18-19H2,1-3H3,(H,36,38)(H2,34,35,46)/t30-/m0/s1. The van der Waals surface area contributed by atoms with Crippen molar-refractivity contribution in [1.29, 1.82) is 0 Å². The molecule has 14 heteroatoms. The number of nitrogens with zero attached hydrogens (tertiary/aromatic N) is 2.